The van der Waals surface area contributed by atoms with Crippen molar-refractivity contribution < 1.29 is 13.6 Å². The first-order valence-electron chi connectivity index (χ1n) is 9.42. The zero-order valence-corrected chi connectivity index (χ0v) is 17.1. The molecule has 7 nitrogen and oxygen atoms in total. The van der Waals surface area contributed by atoms with Gasteiger partial charge in [-0.3, -0.25) is 19.1 Å². The predicted molar refractivity (Wildman–Crippen MR) is 115 cm³/mol. The molecule has 2 aromatic heterocycles. The highest BCUT2D eigenvalue weighted by Crippen LogP contribution is 2.18. The molecule has 0 atom stereocenters. The molecule has 4 rings (SSSR count). The number of benzene rings is 2. The van der Waals surface area contributed by atoms with Gasteiger partial charge < -0.3 is 5.32 Å². The molecule has 0 radical (unpaired) electrons. The molecule has 1 N–H and O–H groups in total. The molecule has 0 unspecified atom stereocenters. The Balaban J connectivity index is 1.82. The highest BCUT2D eigenvalue weighted by atomic mass is 35.5. The van der Waals surface area contributed by atoms with Gasteiger partial charge >= 0.3 is 5.69 Å². The first-order chi connectivity index (χ1) is 15.3. The van der Waals surface area contributed by atoms with E-state index in [1.54, 1.807) is 24.4 Å². The second-order valence-corrected chi connectivity index (χ2v) is 7.30. The Morgan fingerprint density at radius 1 is 1.06 bits per heavy atom. The summed E-state index contributed by atoms with van der Waals surface area (Å²) >= 11 is 6.04. The number of halogens is 3. The molecular weight excluding hydrogens is 442 g/mol. The average molecular weight is 457 g/mol. The Morgan fingerprint density at radius 2 is 1.88 bits per heavy atom. The summed E-state index contributed by atoms with van der Waals surface area (Å²) in [6, 6.07) is 11.9. The normalized spacial score (nSPS) is 11.0. The smallest absolute Gasteiger partial charge is 0.336 e. The van der Waals surface area contributed by atoms with Crippen molar-refractivity contribution in [1.82, 2.24) is 19.4 Å². The van der Waals surface area contributed by atoms with Crippen molar-refractivity contribution in [2.75, 3.05) is 0 Å². The van der Waals surface area contributed by atoms with Crippen molar-refractivity contribution in [1.29, 1.82) is 0 Å². The van der Waals surface area contributed by atoms with Gasteiger partial charge in [-0.2, -0.15) is 0 Å². The summed E-state index contributed by atoms with van der Waals surface area (Å²) < 4.78 is 29.3. The molecule has 0 aliphatic heterocycles. The fraction of sp³-hybridized carbons (Fsp3) is 0.0909. The van der Waals surface area contributed by atoms with Gasteiger partial charge in [0.05, 0.1) is 28.8 Å². The van der Waals surface area contributed by atoms with Gasteiger partial charge in [0.25, 0.3) is 5.56 Å². The second kappa shape index (κ2) is 8.72. The van der Waals surface area contributed by atoms with Crippen LogP contribution in [0.3, 0.4) is 0 Å². The van der Waals surface area contributed by atoms with E-state index in [0.29, 0.717) is 16.3 Å². The molecule has 2 aromatic carbocycles. The van der Waals surface area contributed by atoms with Gasteiger partial charge in [-0.15, -0.1) is 0 Å². The first-order valence-corrected chi connectivity index (χ1v) is 9.80. The molecule has 1 amide bonds. The molecule has 0 aliphatic rings. The molecule has 0 bridgehead atoms. The number of fused-ring (bicyclic) bond motifs is 1. The summed E-state index contributed by atoms with van der Waals surface area (Å²) in [7, 11) is 0. The van der Waals surface area contributed by atoms with Crippen molar-refractivity contribution in [2.45, 2.75) is 13.1 Å². The van der Waals surface area contributed by atoms with Crippen LogP contribution in [0.4, 0.5) is 8.78 Å². The third-order valence-electron chi connectivity index (χ3n) is 4.75. The highest BCUT2D eigenvalue weighted by Gasteiger charge is 2.19. The van der Waals surface area contributed by atoms with E-state index >= 15 is 0 Å². The van der Waals surface area contributed by atoms with Crippen LogP contribution in [0.1, 0.15) is 5.69 Å². The van der Waals surface area contributed by atoms with E-state index < -0.39 is 41.0 Å². The number of nitrogens with zero attached hydrogens (tertiary/aromatic N) is 3. The number of carbonyl (C=O) groups excluding carboxylic acids is 1. The van der Waals surface area contributed by atoms with Crippen LogP contribution in [0.5, 0.6) is 0 Å². The topological polar surface area (TPSA) is 86.0 Å². The number of carbonyl (C=O) groups is 1. The maximum atomic E-state index is 14.4. The number of aromatic nitrogens is 3. The van der Waals surface area contributed by atoms with Crippen LogP contribution in [-0.4, -0.2) is 20.0 Å². The number of hydrogen-bond donors (Lipinski definition) is 1. The van der Waals surface area contributed by atoms with Crippen molar-refractivity contribution in [3.05, 3.63) is 104 Å². The lowest BCUT2D eigenvalue weighted by Gasteiger charge is -2.15. The maximum Gasteiger partial charge on any atom is 0.336 e. The molecule has 32 heavy (non-hydrogen) atoms. The lowest BCUT2D eigenvalue weighted by atomic mass is 10.2. The van der Waals surface area contributed by atoms with E-state index in [-0.39, 0.29) is 22.5 Å². The molecule has 10 heteroatoms. The van der Waals surface area contributed by atoms with Crippen molar-refractivity contribution >= 4 is 28.4 Å². The summed E-state index contributed by atoms with van der Waals surface area (Å²) in [6.07, 6.45) is 1.58. The number of hydrogen-bond acceptors (Lipinski definition) is 4. The minimum Gasteiger partial charge on any atom is -0.349 e. The Hall–Kier alpha value is -3.85. The van der Waals surface area contributed by atoms with Gasteiger partial charge in [-0.05, 0) is 42.5 Å². The van der Waals surface area contributed by atoms with Gasteiger partial charge in [-0.25, -0.2) is 18.1 Å². The van der Waals surface area contributed by atoms with Crippen LogP contribution in [0.25, 0.3) is 16.6 Å². The number of pyridine rings is 1. The van der Waals surface area contributed by atoms with Crippen molar-refractivity contribution in [3.8, 4) is 5.69 Å². The van der Waals surface area contributed by atoms with Crippen LogP contribution in [0.2, 0.25) is 5.02 Å². The van der Waals surface area contributed by atoms with Crippen molar-refractivity contribution in [3.63, 3.8) is 0 Å². The van der Waals surface area contributed by atoms with E-state index in [1.807, 2.05) is 0 Å². The van der Waals surface area contributed by atoms with Crippen LogP contribution >= 0.6 is 11.6 Å². The third kappa shape index (κ3) is 4.15. The molecule has 2 heterocycles. The standard InChI is InChI=1S/C22H15ClF2N4O3/c23-13-4-6-16-19(9-13)28(12-20(30)27-11-15-3-1-2-8-26-15)22(32)29(21(16)31)18-7-5-14(24)10-17(18)25/h1-10H,11-12H2,(H,27,30). The fourth-order valence-electron chi connectivity index (χ4n) is 3.26. The number of nitrogens with one attached hydrogen (secondary N) is 1. The lowest BCUT2D eigenvalue weighted by molar-refractivity contribution is -0.121. The van der Waals surface area contributed by atoms with E-state index in [0.717, 1.165) is 16.7 Å². The maximum absolute atomic E-state index is 14.4. The molecule has 0 fully saturated rings. The molecule has 162 valence electrons. The Kier molecular flexibility index (Phi) is 5.83. The number of amides is 1. The molecule has 0 aliphatic carbocycles. The van der Waals surface area contributed by atoms with E-state index in [2.05, 4.69) is 10.3 Å². The van der Waals surface area contributed by atoms with Crippen LogP contribution in [0, 0.1) is 11.6 Å². The molecule has 0 spiro atoms. The highest BCUT2D eigenvalue weighted by molar-refractivity contribution is 6.31. The number of rotatable bonds is 5. The zero-order valence-electron chi connectivity index (χ0n) is 16.4. The van der Waals surface area contributed by atoms with Gasteiger partial charge in [0.1, 0.15) is 18.2 Å². The Morgan fingerprint density at radius 3 is 2.59 bits per heavy atom. The largest absolute Gasteiger partial charge is 0.349 e. The van der Waals surface area contributed by atoms with Gasteiger partial charge in [0.2, 0.25) is 5.91 Å². The van der Waals surface area contributed by atoms with Crippen LogP contribution in [0.15, 0.2) is 70.4 Å². The lowest BCUT2D eigenvalue weighted by Crippen LogP contribution is -2.42. The van der Waals surface area contributed by atoms with Gasteiger partial charge in [-0.1, -0.05) is 17.7 Å². The third-order valence-corrected chi connectivity index (χ3v) is 4.99. The fourth-order valence-corrected chi connectivity index (χ4v) is 3.43. The van der Waals surface area contributed by atoms with Crippen LogP contribution < -0.4 is 16.6 Å². The van der Waals surface area contributed by atoms with Crippen LogP contribution in [-0.2, 0) is 17.9 Å². The second-order valence-electron chi connectivity index (χ2n) is 6.86. The SMILES string of the molecule is O=C(Cn1c(=O)n(-c2ccc(F)cc2F)c(=O)c2ccc(Cl)cc21)NCc1ccccn1. The van der Waals surface area contributed by atoms with Crippen molar-refractivity contribution in [2.24, 2.45) is 0 Å². The summed E-state index contributed by atoms with van der Waals surface area (Å²) in [5.41, 5.74) is -1.50. The summed E-state index contributed by atoms with van der Waals surface area (Å²) in [4.78, 5) is 42.8. The summed E-state index contributed by atoms with van der Waals surface area (Å²) in [6.45, 7) is -0.342. The Labute approximate surface area is 184 Å². The molecule has 4 aromatic rings. The van der Waals surface area contributed by atoms with Gasteiger partial charge in [0, 0.05) is 17.3 Å². The molecule has 0 saturated heterocycles. The minimum absolute atomic E-state index is 0.0373. The first kappa shape index (κ1) is 21.4. The van der Waals surface area contributed by atoms with E-state index in [1.165, 1.54) is 18.2 Å². The quantitative estimate of drug-likeness (QED) is 0.500. The van der Waals surface area contributed by atoms with Gasteiger partial charge in [0.15, 0.2) is 0 Å². The van der Waals surface area contributed by atoms with E-state index in [4.69, 9.17) is 11.6 Å². The molecule has 0 saturated carbocycles. The average Bonchev–Trinajstić information content (AvgIpc) is 2.77. The zero-order chi connectivity index (χ0) is 22.8. The monoisotopic (exact) mass is 456 g/mol. The predicted octanol–water partition coefficient (Wildman–Crippen LogP) is 2.80. The Bertz CT molecular complexity index is 1450. The van der Waals surface area contributed by atoms with E-state index in [9.17, 15) is 23.2 Å². The molecular formula is C22H15ClF2N4O3. The summed E-state index contributed by atoms with van der Waals surface area (Å²) in [5, 5.41) is 2.92. The minimum atomic E-state index is -1.09. The summed E-state index contributed by atoms with van der Waals surface area (Å²) in [5.74, 6) is -2.49.